The summed E-state index contributed by atoms with van der Waals surface area (Å²) in [4.78, 5) is 14.4. The third-order valence-corrected chi connectivity index (χ3v) is 4.88. The van der Waals surface area contributed by atoms with Crippen LogP contribution >= 0.6 is 23.2 Å². The Morgan fingerprint density at radius 2 is 2.09 bits per heavy atom. The number of sulfonamides is 1. The van der Waals surface area contributed by atoms with Gasteiger partial charge >= 0.3 is 0 Å². The minimum atomic E-state index is -3.29. The van der Waals surface area contributed by atoms with Gasteiger partial charge in [-0.25, -0.2) is 13.1 Å². The van der Waals surface area contributed by atoms with Gasteiger partial charge in [0.05, 0.1) is 16.8 Å². The van der Waals surface area contributed by atoms with Gasteiger partial charge in [-0.3, -0.25) is 4.79 Å². The highest BCUT2D eigenvalue weighted by Crippen LogP contribution is 2.25. The van der Waals surface area contributed by atoms with Crippen molar-refractivity contribution in [2.75, 3.05) is 19.3 Å². The van der Waals surface area contributed by atoms with Crippen LogP contribution in [0, 0.1) is 0 Å². The highest BCUT2D eigenvalue weighted by atomic mass is 35.5. The van der Waals surface area contributed by atoms with Crippen molar-refractivity contribution in [3.8, 4) is 0 Å². The van der Waals surface area contributed by atoms with E-state index in [1.165, 1.54) is 0 Å². The van der Waals surface area contributed by atoms with E-state index in [1.54, 1.807) is 23.1 Å². The van der Waals surface area contributed by atoms with E-state index < -0.39 is 10.0 Å². The SMILES string of the molecule is CS(=O)(=O)NCC1CCCCN1C(=O)c1cc(Cl)ccc1Cl. The molecule has 1 saturated heterocycles. The summed E-state index contributed by atoms with van der Waals surface area (Å²) in [6, 6.07) is 4.58. The molecule has 0 spiro atoms. The number of carbonyl (C=O) groups excluding carboxylic acids is 1. The van der Waals surface area contributed by atoms with Gasteiger partial charge in [0.15, 0.2) is 0 Å². The van der Waals surface area contributed by atoms with E-state index in [1.807, 2.05) is 0 Å². The van der Waals surface area contributed by atoms with Gasteiger partial charge < -0.3 is 4.90 Å². The normalized spacial score (nSPS) is 19.2. The predicted octanol–water partition coefficient (Wildman–Crippen LogP) is 2.54. The fourth-order valence-electron chi connectivity index (χ4n) is 2.54. The Labute approximate surface area is 140 Å². The van der Waals surface area contributed by atoms with Gasteiger partial charge in [0, 0.05) is 24.2 Å². The molecule has 0 bridgehead atoms. The van der Waals surface area contributed by atoms with Gasteiger partial charge in [0.25, 0.3) is 5.91 Å². The molecule has 1 heterocycles. The number of carbonyl (C=O) groups is 1. The maximum absolute atomic E-state index is 12.7. The summed E-state index contributed by atoms with van der Waals surface area (Å²) in [6.45, 7) is 0.792. The lowest BCUT2D eigenvalue weighted by atomic mass is 10.0. The first-order valence-corrected chi connectivity index (χ1v) is 9.63. The topological polar surface area (TPSA) is 66.5 Å². The third kappa shape index (κ3) is 4.59. The van der Waals surface area contributed by atoms with Crippen molar-refractivity contribution < 1.29 is 13.2 Å². The predicted molar refractivity (Wildman–Crippen MR) is 88.0 cm³/mol. The maximum Gasteiger partial charge on any atom is 0.255 e. The molecule has 0 aliphatic carbocycles. The molecule has 8 heteroatoms. The Bertz CT molecular complexity index is 664. The zero-order valence-corrected chi connectivity index (χ0v) is 14.5. The Kier molecular flexibility index (Phi) is 5.71. The molecule has 0 saturated carbocycles. The summed E-state index contributed by atoms with van der Waals surface area (Å²) in [5.74, 6) is -0.215. The summed E-state index contributed by atoms with van der Waals surface area (Å²) in [5.41, 5.74) is 0.348. The van der Waals surface area contributed by atoms with Crippen LogP contribution in [0.15, 0.2) is 18.2 Å². The zero-order chi connectivity index (χ0) is 16.3. The lowest BCUT2D eigenvalue weighted by molar-refractivity contribution is 0.0619. The zero-order valence-electron chi connectivity index (χ0n) is 12.2. The third-order valence-electron chi connectivity index (χ3n) is 3.63. The number of hydrogen-bond donors (Lipinski definition) is 1. The van der Waals surface area contributed by atoms with Crippen molar-refractivity contribution >= 4 is 39.1 Å². The molecule has 22 heavy (non-hydrogen) atoms. The lowest BCUT2D eigenvalue weighted by Crippen LogP contribution is -2.49. The van der Waals surface area contributed by atoms with Crippen LogP contribution in [0.1, 0.15) is 29.6 Å². The second-order valence-electron chi connectivity index (χ2n) is 5.39. The smallest absolute Gasteiger partial charge is 0.255 e. The molecule has 1 aromatic carbocycles. The summed E-state index contributed by atoms with van der Waals surface area (Å²) in [6.07, 6.45) is 3.71. The van der Waals surface area contributed by atoms with Gasteiger partial charge in [0.2, 0.25) is 10.0 Å². The maximum atomic E-state index is 12.7. The van der Waals surface area contributed by atoms with E-state index in [-0.39, 0.29) is 18.5 Å². The Morgan fingerprint density at radius 1 is 1.36 bits per heavy atom. The molecule has 122 valence electrons. The van der Waals surface area contributed by atoms with Crippen molar-refractivity contribution in [2.45, 2.75) is 25.3 Å². The molecule has 1 amide bonds. The summed E-state index contributed by atoms with van der Waals surface area (Å²) < 4.78 is 25.0. The minimum Gasteiger partial charge on any atom is -0.334 e. The molecule has 1 atom stereocenters. The highest BCUT2D eigenvalue weighted by molar-refractivity contribution is 7.88. The van der Waals surface area contributed by atoms with Crippen LogP contribution in [-0.2, 0) is 10.0 Å². The van der Waals surface area contributed by atoms with Crippen LogP contribution < -0.4 is 4.72 Å². The first kappa shape index (κ1) is 17.5. The van der Waals surface area contributed by atoms with Crippen LogP contribution in [-0.4, -0.2) is 44.6 Å². The number of benzene rings is 1. The highest BCUT2D eigenvalue weighted by Gasteiger charge is 2.29. The number of nitrogens with zero attached hydrogens (tertiary/aromatic N) is 1. The van der Waals surface area contributed by atoms with Crippen LogP contribution in [0.25, 0.3) is 0 Å². The van der Waals surface area contributed by atoms with E-state index in [2.05, 4.69) is 4.72 Å². The standard InChI is InChI=1S/C14H18Cl2N2O3S/c1-22(20,21)17-9-11-4-2-3-7-18(11)14(19)12-8-10(15)5-6-13(12)16/h5-6,8,11,17H,2-4,7,9H2,1H3. The molecule has 1 unspecified atom stereocenters. The first-order valence-electron chi connectivity index (χ1n) is 6.98. The van der Waals surface area contributed by atoms with Gasteiger partial charge in [-0.2, -0.15) is 0 Å². The molecule has 2 rings (SSSR count). The van der Waals surface area contributed by atoms with Crippen LogP contribution in [0.4, 0.5) is 0 Å². The van der Waals surface area contributed by atoms with Crippen LogP contribution in [0.2, 0.25) is 10.0 Å². The Balaban J connectivity index is 2.19. The quantitative estimate of drug-likeness (QED) is 0.892. The molecule has 1 aromatic rings. The van der Waals surface area contributed by atoms with E-state index in [0.717, 1.165) is 25.5 Å². The molecule has 1 N–H and O–H groups in total. The van der Waals surface area contributed by atoms with E-state index in [9.17, 15) is 13.2 Å². The van der Waals surface area contributed by atoms with Gasteiger partial charge in [0.1, 0.15) is 0 Å². The first-order chi connectivity index (χ1) is 10.3. The Morgan fingerprint density at radius 3 is 2.77 bits per heavy atom. The molecule has 1 aliphatic heterocycles. The van der Waals surface area contributed by atoms with Crippen LogP contribution in [0.5, 0.6) is 0 Å². The van der Waals surface area contributed by atoms with Crippen LogP contribution in [0.3, 0.4) is 0 Å². The summed E-state index contributed by atoms with van der Waals surface area (Å²) in [7, 11) is -3.29. The fraction of sp³-hybridized carbons (Fsp3) is 0.500. The molecule has 0 aromatic heterocycles. The molecule has 5 nitrogen and oxygen atoms in total. The van der Waals surface area contributed by atoms with Crippen molar-refractivity contribution in [1.29, 1.82) is 0 Å². The van der Waals surface area contributed by atoms with Gasteiger partial charge in [-0.15, -0.1) is 0 Å². The number of amides is 1. The number of rotatable bonds is 4. The lowest BCUT2D eigenvalue weighted by Gasteiger charge is -2.36. The number of halogens is 2. The van der Waals surface area contributed by atoms with Crippen molar-refractivity contribution in [1.82, 2.24) is 9.62 Å². The summed E-state index contributed by atoms with van der Waals surface area (Å²) >= 11 is 12.0. The van der Waals surface area contributed by atoms with Crippen molar-refractivity contribution in [3.63, 3.8) is 0 Å². The number of hydrogen-bond acceptors (Lipinski definition) is 3. The number of nitrogens with one attached hydrogen (secondary N) is 1. The molecule has 0 radical (unpaired) electrons. The molecular weight excluding hydrogens is 347 g/mol. The monoisotopic (exact) mass is 364 g/mol. The van der Waals surface area contributed by atoms with Crippen molar-refractivity contribution in [3.05, 3.63) is 33.8 Å². The second-order valence-corrected chi connectivity index (χ2v) is 8.07. The number of likely N-dealkylation sites (tertiary alicyclic amines) is 1. The minimum absolute atomic E-state index is 0.175. The largest absolute Gasteiger partial charge is 0.334 e. The number of piperidine rings is 1. The van der Waals surface area contributed by atoms with Gasteiger partial charge in [-0.1, -0.05) is 23.2 Å². The average Bonchev–Trinajstić information content (AvgIpc) is 2.46. The van der Waals surface area contributed by atoms with Gasteiger partial charge in [-0.05, 0) is 37.5 Å². The van der Waals surface area contributed by atoms with E-state index >= 15 is 0 Å². The molecule has 1 aliphatic rings. The molecule has 1 fully saturated rings. The van der Waals surface area contributed by atoms with E-state index in [4.69, 9.17) is 23.2 Å². The summed E-state index contributed by atoms with van der Waals surface area (Å²) in [5, 5.41) is 0.783. The van der Waals surface area contributed by atoms with Crippen molar-refractivity contribution in [2.24, 2.45) is 0 Å². The fourth-order valence-corrected chi connectivity index (χ4v) is 3.41. The van der Waals surface area contributed by atoms with E-state index in [0.29, 0.717) is 22.2 Å². The average molecular weight is 365 g/mol. The Hall–Kier alpha value is -0.820. The second kappa shape index (κ2) is 7.17. The molecular formula is C14H18Cl2N2O3S.